The zero-order valence-corrected chi connectivity index (χ0v) is 9.62. The van der Waals surface area contributed by atoms with Gasteiger partial charge in [-0.05, 0) is 24.3 Å². The van der Waals surface area contributed by atoms with Gasteiger partial charge in [0.25, 0.3) is 5.91 Å². The SMILES string of the molecule is COc1ccc(C(=O)N2CSCC2=O)cc1. The Hall–Kier alpha value is -1.49. The number of nitrogens with zero attached hydrogens (tertiary/aromatic N) is 1. The van der Waals surface area contributed by atoms with Crippen LogP contribution >= 0.6 is 11.8 Å². The number of methoxy groups -OCH3 is 1. The molecule has 0 N–H and O–H groups in total. The van der Waals surface area contributed by atoms with Crippen LogP contribution in [-0.2, 0) is 4.79 Å². The second-order valence-corrected chi connectivity index (χ2v) is 4.29. The van der Waals surface area contributed by atoms with E-state index < -0.39 is 0 Å². The Labute approximate surface area is 97.6 Å². The van der Waals surface area contributed by atoms with Crippen LogP contribution in [0.1, 0.15) is 10.4 Å². The zero-order chi connectivity index (χ0) is 11.5. The lowest BCUT2D eigenvalue weighted by Crippen LogP contribution is -2.32. The predicted octanol–water partition coefficient (Wildman–Crippen LogP) is 1.37. The van der Waals surface area contributed by atoms with Crippen molar-refractivity contribution in [3.63, 3.8) is 0 Å². The fourth-order valence-corrected chi connectivity index (χ4v) is 2.30. The monoisotopic (exact) mass is 237 g/mol. The number of rotatable bonds is 2. The van der Waals surface area contributed by atoms with Gasteiger partial charge in [0.2, 0.25) is 5.91 Å². The van der Waals surface area contributed by atoms with Gasteiger partial charge in [0, 0.05) is 5.56 Å². The number of imide groups is 1. The molecule has 0 atom stereocenters. The summed E-state index contributed by atoms with van der Waals surface area (Å²) < 4.78 is 5.00. The van der Waals surface area contributed by atoms with Gasteiger partial charge in [0.05, 0.1) is 18.7 Å². The van der Waals surface area contributed by atoms with Crippen molar-refractivity contribution in [3.8, 4) is 5.75 Å². The Kier molecular flexibility index (Phi) is 3.14. The standard InChI is InChI=1S/C11H11NO3S/c1-15-9-4-2-8(3-5-9)11(14)12-7-16-6-10(12)13/h2-5H,6-7H2,1H3. The van der Waals surface area contributed by atoms with E-state index in [1.165, 1.54) is 16.7 Å². The molecule has 1 aromatic rings. The number of ether oxygens (including phenoxy) is 1. The molecule has 0 aliphatic carbocycles. The Morgan fingerprint density at radius 3 is 2.56 bits per heavy atom. The van der Waals surface area contributed by atoms with Crippen molar-refractivity contribution < 1.29 is 14.3 Å². The van der Waals surface area contributed by atoms with E-state index in [1.54, 1.807) is 31.4 Å². The first kappa shape index (κ1) is 11.0. The van der Waals surface area contributed by atoms with E-state index in [0.29, 0.717) is 22.9 Å². The van der Waals surface area contributed by atoms with Crippen molar-refractivity contribution in [2.45, 2.75) is 0 Å². The van der Waals surface area contributed by atoms with Crippen LogP contribution in [-0.4, -0.2) is 35.5 Å². The maximum atomic E-state index is 11.9. The van der Waals surface area contributed by atoms with Crippen LogP contribution in [0, 0.1) is 0 Å². The minimum Gasteiger partial charge on any atom is -0.497 e. The van der Waals surface area contributed by atoms with Gasteiger partial charge in [0.1, 0.15) is 5.75 Å². The molecule has 2 amide bonds. The highest BCUT2D eigenvalue weighted by Gasteiger charge is 2.27. The second kappa shape index (κ2) is 4.57. The number of benzene rings is 1. The van der Waals surface area contributed by atoms with Crippen molar-refractivity contribution >= 4 is 23.6 Å². The van der Waals surface area contributed by atoms with E-state index >= 15 is 0 Å². The van der Waals surface area contributed by atoms with Gasteiger partial charge in [-0.15, -0.1) is 11.8 Å². The molecule has 1 heterocycles. The highest BCUT2D eigenvalue weighted by Crippen LogP contribution is 2.19. The highest BCUT2D eigenvalue weighted by molar-refractivity contribution is 8.00. The van der Waals surface area contributed by atoms with E-state index in [2.05, 4.69) is 0 Å². The normalized spacial score (nSPS) is 15.3. The zero-order valence-electron chi connectivity index (χ0n) is 8.80. The maximum absolute atomic E-state index is 11.9. The topological polar surface area (TPSA) is 46.6 Å². The Morgan fingerprint density at radius 2 is 2.06 bits per heavy atom. The number of carbonyl (C=O) groups is 2. The third kappa shape index (κ3) is 2.04. The van der Waals surface area contributed by atoms with Crippen LogP contribution in [0.3, 0.4) is 0 Å². The third-order valence-corrected chi connectivity index (χ3v) is 3.22. The molecular formula is C11H11NO3S. The van der Waals surface area contributed by atoms with E-state index in [9.17, 15) is 9.59 Å². The molecular weight excluding hydrogens is 226 g/mol. The van der Waals surface area contributed by atoms with E-state index in [1.807, 2.05) is 0 Å². The first-order valence-corrected chi connectivity index (χ1v) is 5.94. The van der Waals surface area contributed by atoms with Gasteiger partial charge in [-0.2, -0.15) is 0 Å². The molecule has 0 aromatic heterocycles. The summed E-state index contributed by atoms with van der Waals surface area (Å²) in [6, 6.07) is 6.75. The lowest BCUT2D eigenvalue weighted by atomic mass is 10.2. The van der Waals surface area contributed by atoms with Gasteiger partial charge >= 0.3 is 0 Å². The molecule has 0 bridgehead atoms. The van der Waals surface area contributed by atoms with Gasteiger partial charge in [-0.3, -0.25) is 14.5 Å². The van der Waals surface area contributed by atoms with Crippen LogP contribution in [0.2, 0.25) is 0 Å². The number of carbonyl (C=O) groups excluding carboxylic acids is 2. The summed E-state index contributed by atoms with van der Waals surface area (Å²) in [5.41, 5.74) is 0.511. The summed E-state index contributed by atoms with van der Waals surface area (Å²) in [7, 11) is 1.57. The summed E-state index contributed by atoms with van der Waals surface area (Å²) in [6.45, 7) is 0. The molecule has 1 aliphatic rings. The highest BCUT2D eigenvalue weighted by atomic mass is 32.2. The molecule has 1 saturated heterocycles. The van der Waals surface area contributed by atoms with Gasteiger partial charge < -0.3 is 4.74 Å². The summed E-state index contributed by atoms with van der Waals surface area (Å²) in [4.78, 5) is 24.5. The summed E-state index contributed by atoms with van der Waals surface area (Å²) in [5, 5.41) is 0. The largest absolute Gasteiger partial charge is 0.497 e. The lowest BCUT2D eigenvalue weighted by molar-refractivity contribution is -0.124. The molecule has 84 valence electrons. The summed E-state index contributed by atoms with van der Waals surface area (Å²) in [5.74, 6) is 1.17. The fourth-order valence-electron chi connectivity index (χ4n) is 1.44. The second-order valence-electron chi connectivity index (χ2n) is 3.33. The third-order valence-electron chi connectivity index (χ3n) is 2.33. The Bertz CT molecular complexity index is 416. The van der Waals surface area contributed by atoms with Crippen LogP contribution < -0.4 is 4.74 Å². The van der Waals surface area contributed by atoms with Crippen molar-refractivity contribution in [1.29, 1.82) is 0 Å². The smallest absolute Gasteiger partial charge is 0.261 e. The molecule has 0 saturated carbocycles. The molecule has 16 heavy (non-hydrogen) atoms. The van der Waals surface area contributed by atoms with Gasteiger partial charge in [0.15, 0.2) is 0 Å². The average molecular weight is 237 g/mol. The molecule has 0 unspecified atom stereocenters. The molecule has 0 spiro atoms. The lowest BCUT2D eigenvalue weighted by Gasteiger charge is -2.12. The molecule has 1 aliphatic heterocycles. The van der Waals surface area contributed by atoms with Crippen LogP contribution in [0.5, 0.6) is 5.75 Å². The van der Waals surface area contributed by atoms with E-state index in [-0.39, 0.29) is 11.8 Å². The summed E-state index contributed by atoms with van der Waals surface area (Å²) >= 11 is 1.45. The first-order valence-electron chi connectivity index (χ1n) is 4.79. The van der Waals surface area contributed by atoms with Crippen molar-refractivity contribution in [2.75, 3.05) is 18.7 Å². The van der Waals surface area contributed by atoms with Gasteiger partial charge in [-0.25, -0.2) is 0 Å². The molecule has 1 aromatic carbocycles. The van der Waals surface area contributed by atoms with Crippen molar-refractivity contribution in [1.82, 2.24) is 4.90 Å². The van der Waals surface area contributed by atoms with Crippen LogP contribution in [0.25, 0.3) is 0 Å². The molecule has 2 rings (SSSR count). The first-order chi connectivity index (χ1) is 7.72. The van der Waals surface area contributed by atoms with Crippen LogP contribution in [0.4, 0.5) is 0 Å². The van der Waals surface area contributed by atoms with Gasteiger partial charge in [-0.1, -0.05) is 0 Å². The Morgan fingerprint density at radius 1 is 1.38 bits per heavy atom. The number of hydrogen-bond acceptors (Lipinski definition) is 4. The molecule has 0 radical (unpaired) electrons. The molecule has 4 nitrogen and oxygen atoms in total. The van der Waals surface area contributed by atoms with E-state index in [4.69, 9.17) is 4.74 Å². The number of thioether (sulfide) groups is 1. The molecule has 1 fully saturated rings. The Balaban J connectivity index is 2.17. The fraction of sp³-hybridized carbons (Fsp3) is 0.273. The number of amides is 2. The quantitative estimate of drug-likeness (QED) is 0.729. The minimum atomic E-state index is -0.238. The molecule has 5 heteroatoms. The van der Waals surface area contributed by atoms with Crippen molar-refractivity contribution in [3.05, 3.63) is 29.8 Å². The predicted molar refractivity (Wildman–Crippen MR) is 61.5 cm³/mol. The van der Waals surface area contributed by atoms with Crippen molar-refractivity contribution in [2.24, 2.45) is 0 Å². The maximum Gasteiger partial charge on any atom is 0.261 e. The average Bonchev–Trinajstić information content (AvgIpc) is 2.75. The van der Waals surface area contributed by atoms with Crippen LogP contribution in [0.15, 0.2) is 24.3 Å². The summed E-state index contributed by atoms with van der Waals surface area (Å²) in [6.07, 6.45) is 0. The number of hydrogen-bond donors (Lipinski definition) is 0. The minimum absolute atomic E-state index is 0.120. The van der Waals surface area contributed by atoms with E-state index in [0.717, 1.165) is 0 Å².